The summed E-state index contributed by atoms with van der Waals surface area (Å²) in [5, 5.41) is 0. The summed E-state index contributed by atoms with van der Waals surface area (Å²) in [5.74, 6) is 4.31. The molecule has 90 valence electrons. The molecule has 0 aliphatic heterocycles. The predicted molar refractivity (Wildman–Crippen MR) is 71.2 cm³/mol. The van der Waals surface area contributed by atoms with Crippen molar-refractivity contribution < 1.29 is 9.47 Å². The van der Waals surface area contributed by atoms with Gasteiger partial charge in [0, 0.05) is 6.92 Å². The van der Waals surface area contributed by atoms with Crippen LogP contribution in [0.2, 0.25) is 0 Å². The first-order valence-corrected chi connectivity index (χ1v) is 5.74. The lowest BCUT2D eigenvalue weighted by atomic mass is 10.2. The molecule has 0 aliphatic rings. The Morgan fingerprint density at radius 1 is 0.944 bits per heavy atom. The molecule has 0 aliphatic carbocycles. The van der Waals surface area contributed by atoms with E-state index in [0.29, 0.717) is 6.61 Å². The maximum Gasteiger partial charge on any atom is 0.127 e. The third kappa shape index (κ3) is 3.57. The Balaban J connectivity index is 2.04. The van der Waals surface area contributed by atoms with Crippen LogP contribution >= 0.6 is 0 Å². The number of benzene rings is 2. The molecule has 2 aromatic carbocycles. The van der Waals surface area contributed by atoms with E-state index in [9.17, 15) is 0 Å². The monoisotopic (exact) mass is 238 g/mol. The maximum absolute atomic E-state index is 5.73. The molecule has 0 fully saturated rings. The van der Waals surface area contributed by atoms with Crippen molar-refractivity contribution in [3.05, 3.63) is 60.2 Å². The molecule has 0 amide bonds. The van der Waals surface area contributed by atoms with Gasteiger partial charge >= 0.3 is 0 Å². The van der Waals surface area contributed by atoms with Crippen LogP contribution in [0.4, 0.5) is 0 Å². The zero-order valence-electron chi connectivity index (χ0n) is 10.2. The average molecular weight is 238 g/mol. The standard InChI is InChI=1S/C16H14O2/c1-2-11-17-13-14-7-6-10-16(12-14)18-15-8-4-3-5-9-15/h3-10,12H,13H2,1H3. The topological polar surface area (TPSA) is 18.5 Å². The number of hydrogen-bond acceptors (Lipinski definition) is 2. The lowest BCUT2D eigenvalue weighted by Gasteiger charge is -2.06. The second kappa shape index (κ2) is 6.36. The van der Waals surface area contributed by atoms with Gasteiger partial charge in [-0.15, -0.1) is 0 Å². The lowest BCUT2D eigenvalue weighted by Crippen LogP contribution is -1.89. The summed E-state index contributed by atoms with van der Waals surface area (Å²) >= 11 is 0. The quantitative estimate of drug-likeness (QED) is 0.750. The Hall–Kier alpha value is -2.40. The maximum atomic E-state index is 5.73. The van der Waals surface area contributed by atoms with Crippen molar-refractivity contribution in [2.24, 2.45) is 0 Å². The average Bonchev–Trinajstić information content (AvgIpc) is 2.41. The molecule has 18 heavy (non-hydrogen) atoms. The molecule has 2 heteroatoms. The molecule has 0 saturated carbocycles. The summed E-state index contributed by atoms with van der Waals surface area (Å²) in [7, 11) is 0. The molecule has 0 atom stereocenters. The molecule has 0 radical (unpaired) electrons. The van der Waals surface area contributed by atoms with Crippen LogP contribution < -0.4 is 4.74 Å². The molecule has 2 nitrogen and oxygen atoms in total. The van der Waals surface area contributed by atoms with E-state index in [4.69, 9.17) is 9.47 Å². The molecule has 0 N–H and O–H groups in total. The highest BCUT2D eigenvalue weighted by Crippen LogP contribution is 2.21. The number of para-hydroxylation sites is 1. The van der Waals surface area contributed by atoms with Crippen LogP contribution in [-0.2, 0) is 11.3 Å². The Kier molecular flexibility index (Phi) is 4.27. The zero-order chi connectivity index (χ0) is 12.6. The van der Waals surface area contributed by atoms with Gasteiger partial charge < -0.3 is 9.47 Å². The summed E-state index contributed by atoms with van der Waals surface area (Å²) in [6, 6.07) is 17.5. The van der Waals surface area contributed by atoms with Gasteiger partial charge in [0.05, 0.1) is 0 Å². The minimum Gasteiger partial charge on any atom is -0.457 e. The van der Waals surface area contributed by atoms with Crippen LogP contribution in [0.3, 0.4) is 0 Å². The van der Waals surface area contributed by atoms with Gasteiger partial charge in [0.2, 0.25) is 0 Å². The van der Waals surface area contributed by atoms with Crippen LogP contribution in [-0.4, -0.2) is 0 Å². The number of rotatable bonds is 4. The van der Waals surface area contributed by atoms with Crippen LogP contribution in [0.15, 0.2) is 54.6 Å². The fourth-order valence-electron chi connectivity index (χ4n) is 1.51. The molecule has 0 heterocycles. The van der Waals surface area contributed by atoms with E-state index in [2.05, 4.69) is 12.0 Å². The third-order valence-electron chi connectivity index (χ3n) is 2.29. The van der Waals surface area contributed by atoms with Crippen molar-refractivity contribution in [3.8, 4) is 23.5 Å². The SMILES string of the molecule is CC#COCc1cccc(Oc2ccccc2)c1. The normalized spacial score (nSPS) is 9.17. The first kappa shape index (κ1) is 12.1. The highest BCUT2D eigenvalue weighted by molar-refractivity contribution is 5.33. The van der Waals surface area contributed by atoms with Crippen molar-refractivity contribution in [1.29, 1.82) is 0 Å². The first-order chi connectivity index (χ1) is 8.88. The van der Waals surface area contributed by atoms with Crippen molar-refractivity contribution in [1.82, 2.24) is 0 Å². The van der Waals surface area contributed by atoms with E-state index < -0.39 is 0 Å². The van der Waals surface area contributed by atoms with Gasteiger partial charge in [0.15, 0.2) is 0 Å². The highest BCUT2D eigenvalue weighted by Gasteiger charge is 1.98. The van der Waals surface area contributed by atoms with Gasteiger partial charge in [-0.05, 0) is 29.8 Å². The molecular weight excluding hydrogens is 224 g/mol. The summed E-state index contributed by atoms with van der Waals surface area (Å²) in [6.45, 7) is 2.21. The molecular formula is C16H14O2. The summed E-state index contributed by atoms with van der Waals surface area (Å²) in [6.07, 6.45) is 2.58. The largest absolute Gasteiger partial charge is 0.457 e. The van der Waals surface area contributed by atoms with E-state index >= 15 is 0 Å². The fourth-order valence-corrected chi connectivity index (χ4v) is 1.51. The Bertz CT molecular complexity index is 550. The molecule has 0 bridgehead atoms. The zero-order valence-corrected chi connectivity index (χ0v) is 10.2. The van der Waals surface area contributed by atoms with Gasteiger partial charge in [-0.25, -0.2) is 0 Å². The third-order valence-corrected chi connectivity index (χ3v) is 2.29. The highest BCUT2D eigenvalue weighted by atomic mass is 16.5. The van der Waals surface area contributed by atoms with Gasteiger partial charge in [-0.1, -0.05) is 36.3 Å². The predicted octanol–water partition coefficient (Wildman–Crippen LogP) is 3.98. The van der Waals surface area contributed by atoms with Gasteiger partial charge in [-0.3, -0.25) is 0 Å². The Morgan fingerprint density at radius 3 is 2.50 bits per heavy atom. The van der Waals surface area contributed by atoms with Crippen LogP contribution in [0, 0.1) is 12.0 Å². The minimum absolute atomic E-state index is 0.465. The van der Waals surface area contributed by atoms with Crippen molar-refractivity contribution in [2.45, 2.75) is 13.5 Å². The second-order valence-electron chi connectivity index (χ2n) is 3.70. The summed E-state index contributed by atoms with van der Waals surface area (Å²) in [5.41, 5.74) is 1.03. The second-order valence-corrected chi connectivity index (χ2v) is 3.70. The van der Waals surface area contributed by atoms with E-state index in [1.807, 2.05) is 54.6 Å². The van der Waals surface area contributed by atoms with E-state index in [1.165, 1.54) is 0 Å². The Labute approximate surface area is 107 Å². The van der Waals surface area contributed by atoms with Crippen molar-refractivity contribution in [2.75, 3.05) is 0 Å². The number of hydrogen-bond donors (Lipinski definition) is 0. The van der Waals surface area contributed by atoms with Crippen molar-refractivity contribution >= 4 is 0 Å². The van der Waals surface area contributed by atoms with Gasteiger partial charge in [-0.2, -0.15) is 0 Å². The van der Waals surface area contributed by atoms with E-state index in [1.54, 1.807) is 6.92 Å². The van der Waals surface area contributed by atoms with E-state index in [0.717, 1.165) is 17.1 Å². The van der Waals surface area contributed by atoms with Crippen LogP contribution in [0.5, 0.6) is 11.5 Å². The minimum atomic E-state index is 0.465. The molecule has 2 rings (SSSR count). The summed E-state index contributed by atoms with van der Waals surface area (Å²) < 4.78 is 10.9. The van der Waals surface area contributed by atoms with Gasteiger partial charge in [0.25, 0.3) is 0 Å². The molecule has 0 saturated heterocycles. The fraction of sp³-hybridized carbons (Fsp3) is 0.125. The molecule has 2 aromatic rings. The van der Waals surface area contributed by atoms with E-state index in [-0.39, 0.29) is 0 Å². The van der Waals surface area contributed by atoms with Crippen LogP contribution in [0.25, 0.3) is 0 Å². The smallest absolute Gasteiger partial charge is 0.127 e. The van der Waals surface area contributed by atoms with Gasteiger partial charge in [0.1, 0.15) is 24.2 Å². The summed E-state index contributed by atoms with van der Waals surface area (Å²) in [4.78, 5) is 0. The van der Waals surface area contributed by atoms with Crippen LogP contribution in [0.1, 0.15) is 12.5 Å². The Morgan fingerprint density at radius 2 is 1.72 bits per heavy atom. The lowest BCUT2D eigenvalue weighted by molar-refractivity contribution is 0.264. The number of ether oxygens (including phenoxy) is 2. The molecule has 0 spiro atoms. The van der Waals surface area contributed by atoms with Crippen molar-refractivity contribution in [3.63, 3.8) is 0 Å². The molecule has 0 aromatic heterocycles. The first-order valence-electron chi connectivity index (χ1n) is 5.74. The molecule has 0 unspecified atom stereocenters.